The van der Waals surface area contributed by atoms with Crippen molar-refractivity contribution >= 4 is 11.6 Å². The van der Waals surface area contributed by atoms with Crippen LogP contribution in [0, 0.1) is 30.9 Å². The second kappa shape index (κ2) is 7.60. The molecule has 3 N–H and O–H groups in total. The van der Waals surface area contributed by atoms with Crippen LogP contribution in [-0.4, -0.2) is 27.4 Å². The Morgan fingerprint density at radius 1 is 1.32 bits per heavy atom. The first-order valence-electron chi connectivity index (χ1n) is 10.2. The van der Waals surface area contributed by atoms with E-state index in [0.29, 0.717) is 22.8 Å². The van der Waals surface area contributed by atoms with Crippen LogP contribution in [-0.2, 0) is 6.61 Å². The Labute approximate surface area is 179 Å². The van der Waals surface area contributed by atoms with E-state index in [1.807, 2.05) is 6.92 Å². The molecule has 1 saturated carbocycles. The molecule has 0 saturated heterocycles. The quantitative estimate of drug-likeness (QED) is 0.650. The molecule has 6 nitrogen and oxygen atoms in total. The molecule has 31 heavy (non-hydrogen) atoms. The molecule has 1 aliphatic rings. The maximum Gasteiger partial charge on any atom is 0.270 e. The van der Waals surface area contributed by atoms with Gasteiger partial charge in [0.05, 0.1) is 11.3 Å². The van der Waals surface area contributed by atoms with Crippen LogP contribution in [0.15, 0.2) is 30.5 Å². The van der Waals surface area contributed by atoms with E-state index in [-0.39, 0.29) is 35.6 Å². The molecule has 2 unspecified atom stereocenters. The van der Waals surface area contributed by atoms with Gasteiger partial charge in [-0.3, -0.25) is 9.20 Å². The number of hydrogen-bond donors (Lipinski definition) is 2. The number of carbonyl (C=O) groups excluding carboxylic acids is 1. The topological polar surface area (TPSA) is 81.6 Å². The van der Waals surface area contributed by atoms with E-state index in [9.17, 15) is 13.6 Å². The molecule has 1 amide bonds. The van der Waals surface area contributed by atoms with Gasteiger partial charge in [0.25, 0.3) is 5.91 Å². The summed E-state index contributed by atoms with van der Waals surface area (Å²) in [5.74, 6) is -1.28. The van der Waals surface area contributed by atoms with Gasteiger partial charge in [0.2, 0.25) is 0 Å². The monoisotopic (exact) mass is 428 g/mol. The third-order valence-corrected chi connectivity index (χ3v) is 6.04. The molecule has 4 rings (SSSR count). The van der Waals surface area contributed by atoms with Crippen molar-refractivity contribution in [2.24, 2.45) is 11.1 Å². The van der Waals surface area contributed by atoms with Crippen LogP contribution in [0.2, 0.25) is 0 Å². The Kier molecular flexibility index (Phi) is 5.21. The minimum atomic E-state index is -0.678. The summed E-state index contributed by atoms with van der Waals surface area (Å²) in [7, 11) is 0. The van der Waals surface area contributed by atoms with Crippen molar-refractivity contribution < 1.29 is 18.3 Å². The summed E-state index contributed by atoms with van der Waals surface area (Å²) in [4.78, 5) is 17.5. The molecule has 0 radical (unpaired) electrons. The van der Waals surface area contributed by atoms with E-state index >= 15 is 0 Å². The fourth-order valence-electron chi connectivity index (χ4n) is 4.15. The average Bonchev–Trinajstić information content (AvgIpc) is 3.02. The Morgan fingerprint density at radius 3 is 2.61 bits per heavy atom. The van der Waals surface area contributed by atoms with Gasteiger partial charge in [-0.2, -0.15) is 0 Å². The van der Waals surface area contributed by atoms with Crippen LogP contribution < -0.4 is 15.8 Å². The van der Waals surface area contributed by atoms with Gasteiger partial charge in [0, 0.05) is 18.3 Å². The zero-order valence-electron chi connectivity index (χ0n) is 18.0. The van der Waals surface area contributed by atoms with Gasteiger partial charge in [-0.05, 0) is 49.4 Å². The fourth-order valence-corrected chi connectivity index (χ4v) is 4.15. The molecule has 0 aliphatic heterocycles. The third kappa shape index (κ3) is 3.76. The van der Waals surface area contributed by atoms with Gasteiger partial charge in [0.15, 0.2) is 11.4 Å². The van der Waals surface area contributed by atoms with Crippen molar-refractivity contribution in [2.75, 3.05) is 0 Å². The number of fused-ring (bicyclic) bond motifs is 1. The minimum absolute atomic E-state index is 0.00788. The van der Waals surface area contributed by atoms with E-state index < -0.39 is 11.6 Å². The fraction of sp³-hybridized carbons (Fsp3) is 0.391. The molecule has 2 atom stereocenters. The number of halogens is 2. The first-order chi connectivity index (χ1) is 14.6. The van der Waals surface area contributed by atoms with Gasteiger partial charge in [-0.15, -0.1) is 0 Å². The summed E-state index contributed by atoms with van der Waals surface area (Å²) in [6, 6.07) is 5.18. The van der Waals surface area contributed by atoms with Crippen LogP contribution in [0.25, 0.3) is 5.65 Å². The molecule has 1 fully saturated rings. The Hall–Kier alpha value is -3.00. The van der Waals surface area contributed by atoms with Crippen LogP contribution in [0.1, 0.15) is 47.6 Å². The van der Waals surface area contributed by atoms with Crippen LogP contribution in [0.3, 0.4) is 0 Å². The summed E-state index contributed by atoms with van der Waals surface area (Å²) in [6.07, 6.45) is 2.59. The van der Waals surface area contributed by atoms with E-state index in [2.05, 4.69) is 24.1 Å². The molecule has 0 bridgehead atoms. The summed E-state index contributed by atoms with van der Waals surface area (Å²) >= 11 is 0. The van der Waals surface area contributed by atoms with E-state index in [4.69, 9.17) is 10.5 Å². The number of hydrogen-bond acceptors (Lipinski definition) is 4. The molecule has 1 aliphatic carbocycles. The largest absolute Gasteiger partial charge is 0.485 e. The third-order valence-electron chi connectivity index (χ3n) is 6.04. The smallest absolute Gasteiger partial charge is 0.270 e. The summed E-state index contributed by atoms with van der Waals surface area (Å²) in [6.45, 7) is 7.44. The molecular formula is C23H26F2N4O2. The zero-order chi connectivity index (χ0) is 22.5. The van der Waals surface area contributed by atoms with Crippen molar-refractivity contribution in [1.82, 2.24) is 14.7 Å². The molecular weight excluding hydrogens is 402 g/mol. The number of pyridine rings is 1. The predicted octanol–water partition coefficient (Wildman–Crippen LogP) is 3.66. The van der Waals surface area contributed by atoms with Crippen LogP contribution in [0.4, 0.5) is 8.78 Å². The Balaban J connectivity index is 1.63. The second-order valence-corrected chi connectivity index (χ2v) is 8.91. The van der Waals surface area contributed by atoms with Gasteiger partial charge in [-0.25, -0.2) is 13.8 Å². The number of ether oxygens (including phenoxy) is 1. The van der Waals surface area contributed by atoms with E-state index in [0.717, 1.165) is 12.0 Å². The van der Waals surface area contributed by atoms with Crippen molar-refractivity contribution in [3.05, 3.63) is 64.6 Å². The maximum absolute atomic E-state index is 14.0. The number of imidazole rings is 1. The van der Waals surface area contributed by atoms with Gasteiger partial charge in [0.1, 0.15) is 23.9 Å². The van der Waals surface area contributed by atoms with Crippen LogP contribution in [0.5, 0.6) is 5.75 Å². The highest BCUT2D eigenvalue weighted by Crippen LogP contribution is 2.39. The lowest BCUT2D eigenvalue weighted by molar-refractivity contribution is 0.0661. The van der Waals surface area contributed by atoms with Crippen LogP contribution >= 0.6 is 0 Å². The normalized spacial score (nSPS) is 19.8. The number of nitrogens with one attached hydrogen (secondary N) is 1. The lowest BCUT2D eigenvalue weighted by Crippen LogP contribution is -2.65. The molecule has 0 spiro atoms. The molecule has 1 aromatic carbocycles. The van der Waals surface area contributed by atoms with Gasteiger partial charge >= 0.3 is 0 Å². The highest BCUT2D eigenvalue weighted by atomic mass is 19.1. The lowest BCUT2D eigenvalue weighted by Gasteiger charge is -2.49. The number of carbonyl (C=O) groups is 1. The summed E-state index contributed by atoms with van der Waals surface area (Å²) in [5, 5.41) is 3.00. The summed E-state index contributed by atoms with van der Waals surface area (Å²) < 4.78 is 35.3. The first-order valence-corrected chi connectivity index (χ1v) is 10.2. The zero-order valence-corrected chi connectivity index (χ0v) is 18.0. The number of rotatable bonds is 5. The van der Waals surface area contributed by atoms with E-state index in [1.165, 1.54) is 18.2 Å². The van der Waals surface area contributed by atoms with Gasteiger partial charge in [-0.1, -0.05) is 19.9 Å². The number of aryl methyl sites for hydroxylation is 2. The Bertz CT molecular complexity index is 1150. The minimum Gasteiger partial charge on any atom is -0.485 e. The van der Waals surface area contributed by atoms with Crippen molar-refractivity contribution in [2.45, 2.75) is 52.8 Å². The average molecular weight is 428 g/mol. The SMILES string of the molecule is Cc1cc(OCc2c(F)cccc2F)c2nc(C)c(C(=O)NC3CC(C)(C)C3N)n2c1. The highest BCUT2D eigenvalue weighted by Gasteiger charge is 2.45. The number of benzene rings is 1. The van der Waals surface area contributed by atoms with Crippen molar-refractivity contribution in [1.29, 1.82) is 0 Å². The Morgan fingerprint density at radius 2 is 2.00 bits per heavy atom. The maximum atomic E-state index is 14.0. The number of aromatic nitrogens is 2. The summed E-state index contributed by atoms with van der Waals surface area (Å²) in [5.41, 5.74) is 8.16. The van der Waals surface area contributed by atoms with Crippen molar-refractivity contribution in [3.8, 4) is 5.75 Å². The molecule has 3 aromatic rings. The number of amides is 1. The van der Waals surface area contributed by atoms with E-state index in [1.54, 1.807) is 23.6 Å². The number of nitrogens with two attached hydrogens (primary N) is 1. The molecule has 8 heteroatoms. The number of nitrogens with zero attached hydrogens (tertiary/aromatic N) is 2. The molecule has 2 heterocycles. The predicted molar refractivity (Wildman–Crippen MR) is 113 cm³/mol. The van der Waals surface area contributed by atoms with Crippen molar-refractivity contribution in [3.63, 3.8) is 0 Å². The molecule has 2 aromatic heterocycles. The van der Waals surface area contributed by atoms with Gasteiger partial charge < -0.3 is 15.8 Å². The second-order valence-electron chi connectivity index (χ2n) is 8.91. The lowest BCUT2D eigenvalue weighted by atomic mass is 9.64. The highest BCUT2D eigenvalue weighted by molar-refractivity contribution is 5.95. The first kappa shape index (κ1) is 21.2. The standard InChI is InChI=1S/C23H26F2N4O2/c1-12-8-18(31-11-14-15(24)6-5-7-16(14)25)21-27-13(2)19(29(21)10-12)22(30)28-17-9-23(3,4)20(17)26/h5-8,10,17,20H,9,11,26H2,1-4H3,(H,28,30). The molecule has 164 valence electrons.